The molecule has 4 heteroatoms. The number of hydrogen-bond acceptors (Lipinski definition) is 2. The van der Waals surface area contributed by atoms with Gasteiger partial charge < -0.3 is 10.2 Å². The Labute approximate surface area is 164 Å². The van der Waals surface area contributed by atoms with Crippen molar-refractivity contribution >= 4 is 28.9 Å². The van der Waals surface area contributed by atoms with E-state index in [2.05, 4.69) is 30.4 Å². The summed E-state index contributed by atoms with van der Waals surface area (Å²) in [5.41, 5.74) is 3.84. The van der Waals surface area contributed by atoms with Crippen LogP contribution in [0.15, 0.2) is 78.9 Å². The van der Waals surface area contributed by atoms with Crippen LogP contribution in [-0.2, 0) is 0 Å². The molecule has 2 atom stereocenters. The second-order valence-electron chi connectivity index (χ2n) is 6.89. The number of fused-ring (bicyclic) bond motifs is 1. The van der Waals surface area contributed by atoms with Crippen LogP contribution in [0.4, 0.5) is 11.4 Å². The van der Waals surface area contributed by atoms with Crippen molar-refractivity contribution in [2.75, 3.05) is 10.2 Å². The first-order valence-electron chi connectivity index (χ1n) is 9.13. The second-order valence-corrected chi connectivity index (χ2v) is 7.32. The van der Waals surface area contributed by atoms with Gasteiger partial charge in [-0.1, -0.05) is 48.0 Å². The van der Waals surface area contributed by atoms with Gasteiger partial charge in [0.25, 0.3) is 5.91 Å². The molecule has 0 saturated carbocycles. The average molecular weight is 377 g/mol. The second kappa shape index (κ2) is 7.45. The molecule has 1 aliphatic rings. The first-order chi connectivity index (χ1) is 13.1. The third-order valence-corrected chi connectivity index (χ3v) is 5.27. The van der Waals surface area contributed by atoms with E-state index in [0.29, 0.717) is 10.6 Å². The predicted molar refractivity (Wildman–Crippen MR) is 112 cm³/mol. The predicted octanol–water partition coefficient (Wildman–Crippen LogP) is 5.93. The minimum atomic E-state index is 0.00442. The zero-order valence-electron chi connectivity index (χ0n) is 15.1. The Balaban J connectivity index is 1.68. The summed E-state index contributed by atoms with van der Waals surface area (Å²) in [6.45, 7) is 2.10. The van der Waals surface area contributed by atoms with Crippen LogP contribution < -0.4 is 10.2 Å². The number of nitrogens with one attached hydrogen (secondary N) is 1. The van der Waals surface area contributed by atoms with E-state index in [-0.39, 0.29) is 18.0 Å². The van der Waals surface area contributed by atoms with E-state index in [1.165, 1.54) is 0 Å². The van der Waals surface area contributed by atoms with Crippen LogP contribution in [-0.4, -0.2) is 11.9 Å². The fourth-order valence-corrected chi connectivity index (χ4v) is 3.85. The van der Waals surface area contributed by atoms with E-state index >= 15 is 0 Å². The van der Waals surface area contributed by atoms with Crippen LogP contribution in [0.2, 0.25) is 5.02 Å². The molecule has 1 N–H and O–H groups in total. The lowest BCUT2D eigenvalue weighted by molar-refractivity contribution is 0.0974. The largest absolute Gasteiger partial charge is 0.378 e. The summed E-state index contributed by atoms with van der Waals surface area (Å²) in [5, 5.41) is 4.25. The van der Waals surface area contributed by atoms with Crippen molar-refractivity contribution < 1.29 is 4.79 Å². The minimum Gasteiger partial charge on any atom is -0.378 e. The van der Waals surface area contributed by atoms with Crippen molar-refractivity contribution in [3.63, 3.8) is 0 Å². The maximum Gasteiger partial charge on any atom is 0.258 e. The molecule has 0 spiro atoms. The van der Waals surface area contributed by atoms with E-state index in [0.717, 1.165) is 23.4 Å². The number of rotatable bonds is 3. The van der Waals surface area contributed by atoms with Gasteiger partial charge in [0, 0.05) is 28.0 Å². The van der Waals surface area contributed by atoms with Crippen LogP contribution in [0.25, 0.3) is 0 Å². The van der Waals surface area contributed by atoms with E-state index in [9.17, 15) is 4.79 Å². The SMILES string of the molecule is C[C@@H]1C[C@@H](Nc2ccccc2)c2ccccc2N1C(=O)c1ccc(Cl)cc1. The lowest BCUT2D eigenvalue weighted by Gasteiger charge is -2.40. The molecule has 27 heavy (non-hydrogen) atoms. The fourth-order valence-electron chi connectivity index (χ4n) is 3.73. The molecule has 0 unspecified atom stereocenters. The molecule has 0 bridgehead atoms. The Bertz CT molecular complexity index is 940. The molecule has 3 aromatic rings. The molecule has 0 aliphatic carbocycles. The summed E-state index contributed by atoms with van der Waals surface area (Å²) in [7, 11) is 0. The van der Waals surface area contributed by atoms with Crippen molar-refractivity contribution in [3.8, 4) is 0 Å². The van der Waals surface area contributed by atoms with Gasteiger partial charge in [-0.3, -0.25) is 4.79 Å². The standard InChI is InChI=1S/C23H21ClN2O/c1-16-15-21(25-19-7-3-2-4-8-19)20-9-5-6-10-22(20)26(16)23(27)17-11-13-18(24)14-12-17/h2-14,16,21,25H,15H2,1H3/t16-,21-/m1/s1. The van der Waals surface area contributed by atoms with Crippen LogP contribution in [0.5, 0.6) is 0 Å². The number of carbonyl (C=O) groups excluding carboxylic acids is 1. The van der Waals surface area contributed by atoms with Crippen molar-refractivity contribution in [1.29, 1.82) is 0 Å². The van der Waals surface area contributed by atoms with Gasteiger partial charge in [0.2, 0.25) is 0 Å². The zero-order valence-corrected chi connectivity index (χ0v) is 15.9. The summed E-state index contributed by atoms with van der Waals surface area (Å²) in [5.74, 6) is 0.00442. The first kappa shape index (κ1) is 17.6. The van der Waals surface area contributed by atoms with Crippen LogP contribution in [0, 0.1) is 0 Å². The average Bonchev–Trinajstić information content (AvgIpc) is 2.69. The van der Waals surface area contributed by atoms with Gasteiger partial charge >= 0.3 is 0 Å². The number of halogens is 1. The summed E-state index contributed by atoms with van der Waals surface area (Å²) in [6, 6.07) is 25.7. The van der Waals surface area contributed by atoms with E-state index in [1.807, 2.05) is 41.3 Å². The monoisotopic (exact) mass is 376 g/mol. The Morgan fingerprint density at radius 3 is 2.37 bits per heavy atom. The highest BCUT2D eigenvalue weighted by atomic mass is 35.5. The number of benzene rings is 3. The van der Waals surface area contributed by atoms with Gasteiger partial charge in [0.1, 0.15) is 0 Å². The van der Waals surface area contributed by atoms with Gasteiger partial charge in [-0.25, -0.2) is 0 Å². The van der Waals surface area contributed by atoms with Gasteiger partial charge in [0.15, 0.2) is 0 Å². The van der Waals surface area contributed by atoms with E-state index < -0.39 is 0 Å². The van der Waals surface area contributed by atoms with Crippen molar-refractivity contribution in [3.05, 3.63) is 95.0 Å². The molecule has 3 nitrogen and oxygen atoms in total. The number of hydrogen-bond donors (Lipinski definition) is 1. The molecule has 1 aliphatic heterocycles. The molecule has 136 valence electrons. The van der Waals surface area contributed by atoms with Gasteiger partial charge in [-0.15, -0.1) is 0 Å². The molecule has 0 fully saturated rings. The number of nitrogens with zero attached hydrogens (tertiary/aromatic N) is 1. The summed E-state index contributed by atoms with van der Waals surface area (Å²) in [4.78, 5) is 15.1. The smallest absolute Gasteiger partial charge is 0.258 e. The first-order valence-corrected chi connectivity index (χ1v) is 9.51. The highest BCUT2D eigenvalue weighted by Crippen LogP contribution is 2.39. The Morgan fingerprint density at radius 2 is 1.63 bits per heavy atom. The molecule has 0 radical (unpaired) electrons. The van der Waals surface area contributed by atoms with Crippen molar-refractivity contribution in [1.82, 2.24) is 0 Å². The van der Waals surface area contributed by atoms with E-state index in [4.69, 9.17) is 11.6 Å². The third-order valence-electron chi connectivity index (χ3n) is 5.01. The molecular formula is C23H21ClN2O. The Hall–Kier alpha value is -2.78. The zero-order chi connectivity index (χ0) is 18.8. The normalized spacial score (nSPS) is 18.7. The van der Waals surface area contributed by atoms with Crippen LogP contribution in [0.1, 0.15) is 35.3 Å². The maximum atomic E-state index is 13.2. The summed E-state index contributed by atoms with van der Waals surface area (Å²) in [6.07, 6.45) is 0.839. The fraction of sp³-hybridized carbons (Fsp3) is 0.174. The van der Waals surface area contributed by atoms with Gasteiger partial charge in [-0.2, -0.15) is 0 Å². The number of anilines is 2. The lowest BCUT2D eigenvalue weighted by Crippen LogP contribution is -2.44. The van der Waals surface area contributed by atoms with Crippen LogP contribution >= 0.6 is 11.6 Å². The Morgan fingerprint density at radius 1 is 0.963 bits per heavy atom. The van der Waals surface area contributed by atoms with Gasteiger partial charge in [0.05, 0.1) is 6.04 Å². The molecule has 3 aromatic carbocycles. The molecular weight excluding hydrogens is 356 g/mol. The van der Waals surface area contributed by atoms with Crippen molar-refractivity contribution in [2.24, 2.45) is 0 Å². The lowest BCUT2D eigenvalue weighted by atomic mass is 9.90. The maximum absolute atomic E-state index is 13.2. The number of amides is 1. The molecule has 4 rings (SSSR count). The Kier molecular flexibility index (Phi) is 4.87. The summed E-state index contributed by atoms with van der Waals surface area (Å²) < 4.78 is 0. The minimum absolute atomic E-state index is 0.00442. The molecule has 0 saturated heterocycles. The number of carbonyl (C=O) groups is 1. The number of para-hydroxylation sites is 2. The summed E-state index contributed by atoms with van der Waals surface area (Å²) >= 11 is 5.97. The third kappa shape index (κ3) is 3.56. The quantitative estimate of drug-likeness (QED) is 0.614. The van der Waals surface area contributed by atoms with E-state index in [1.54, 1.807) is 24.3 Å². The van der Waals surface area contributed by atoms with Gasteiger partial charge in [-0.05, 0) is 61.4 Å². The molecule has 1 amide bonds. The topological polar surface area (TPSA) is 32.3 Å². The molecule has 1 heterocycles. The van der Waals surface area contributed by atoms with Crippen molar-refractivity contribution in [2.45, 2.75) is 25.4 Å². The molecule has 0 aromatic heterocycles. The van der Waals surface area contributed by atoms with Crippen LogP contribution in [0.3, 0.4) is 0 Å². The highest BCUT2D eigenvalue weighted by molar-refractivity contribution is 6.30. The highest BCUT2D eigenvalue weighted by Gasteiger charge is 2.34.